The highest BCUT2D eigenvalue weighted by molar-refractivity contribution is 6.03. The predicted molar refractivity (Wildman–Crippen MR) is 78.6 cm³/mol. The molecule has 0 spiro atoms. The van der Waals surface area contributed by atoms with E-state index in [9.17, 15) is 9.59 Å². The Morgan fingerprint density at radius 3 is 2.10 bits per heavy atom. The largest absolute Gasteiger partial charge is 0.465 e. The molecule has 0 atom stereocenters. The van der Waals surface area contributed by atoms with Crippen LogP contribution in [0.1, 0.15) is 34.1 Å². The van der Waals surface area contributed by atoms with Crippen LogP contribution in [0.3, 0.4) is 0 Å². The lowest BCUT2D eigenvalue weighted by molar-refractivity contribution is -0.158. The number of hydrogen-bond donors (Lipinski definition) is 0. The van der Waals surface area contributed by atoms with Crippen LogP contribution >= 0.6 is 0 Å². The minimum atomic E-state index is -1.05. The first-order valence-corrected chi connectivity index (χ1v) is 7.57. The molecule has 0 saturated carbocycles. The lowest BCUT2D eigenvalue weighted by Gasteiger charge is -2.35. The molecule has 0 bridgehead atoms. The summed E-state index contributed by atoms with van der Waals surface area (Å²) in [6.45, 7) is 12.8. The first kappa shape index (κ1) is 17.1. The third-order valence-electron chi connectivity index (χ3n) is 3.85. The smallest absolute Gasteiger partial charge is 0.319 e. The molecule has 1 rings (SSSR count). The number of ketones is 1. The maximum atomic E-state index is 12.3. The van der Waals surface area contributed by atoms with Gasteiger partial charge in [-0.3, -0.25) is 14.5 Å². The average Bonchev–Trinajstić information content (AvgIpc) is 2.41. The van der Waals surface area contributed by atoms with E-state index in [1.807, 2.05) is 0 Å². The van der Waals surface area contributed by atoms with Gasteiger partial charge in [-0.05, 0) is 33.7 Å². The second kappa shape index (κ2) is 7.74. The molecule has 0 aromatic rings. The van der Waals surface area contributed by atoms with Crippen LogP contribution in [0.2, 0.25) is 0 Å². The fourth-order valence-corrected chi connectivity index (χ4v) is 2.31. The van der Waals surface area contributed by atoms with Crippen molar-refractivity contribution in [2.45, 2.75) is 34.1 Å². The van der Waals surface area contributed by atoms with Gasteiger partial charge >= 0.3 is 5.97 Å². The van der Waals surface area contributed by atoms with Gasteiger partial charge in [0.05, 0.1) is 13.2 Å². The van der Waals surface area contributed by atoms with E-state index in [1.165, 1.54) is 0 Å². The maximum Gasteiger partial charge on any atom is 0.319 e. The zero-order valence-electron chi connectivity index (χ0n) is 13.3. The Bertz CT molecular complexity index is 334. The quantitative estimate of drug-likeness (QED) is 0.519. The summed E-state index contributed by atoms with van der Waals surface area (Å²) in [4.78, 5) is 28.7. The lowest BCUT2D eigenvalue weighted by atomic mass is 9.87. The van der Waals surface area contributed by atoms with Crippen molar-refractivity contribution in [1.82, 2.24) is 9.80 Å². The van der Waals surface area contributed by atoms with Gasteiger partial charge in [-0.15, -0.1) is 0 Å². The van der Waals surface area contributed by atoms with E-state index in [0.29, 0.717) is 13.2 Å². The zero-order chi connectivity index (χ0) is 15.2. The van der Waals surface area contributed by atoms with Crippen LogP contribution < -0.4 is 0 Å². The molecule has 20 heavy (non-hydrogen) atoms. The van der Waals surface area contributed by atoms with Gasteiger partial charge in [-0.2, -0.15) is 0 Å². The van der Waals surface area contributed by atoms with Crippen LogP contribution in [-0.4, -0.2) is 67.4 Å². The Labute approximate surface area is 122 Å². The molecule has 1 fully saturated rings. The fourth-order valence-electron chi connectivity index (χ4n) is 2.31. The molecule has 1 heterocycles. The molecule has 1 aliphatic rings. The number of carbonyl (C=O) groups is 2. The summed E-state index contributed by atoms with van der Waals surface area (Å²) in [6.07, 6.45) is 1.16. The molecule has 0 unspecified atom stereocenters. The molecule has 0 N–H and O–H groups in total. The third-order valence-corrected chi connectivity index (χ3v) is 3.85. The van der Waals surface area contributed by atoms with Crippen LogP contribution in [-0.2, 0) is 14.3 Å². The molecular weight excluding hydrogens is 256 g/mol. The summed E-state index contributed by atoms with van der Waals surface area (Å²) in [5.41, 5.74) is -1.05. The van der Waals surface area contributed by atoms with Crippen LogP contribution in [0.4, 0.5) is 0 Å². The molecule has 0 aliphatic carbocycles. The Hall–Kier alpha value is -0.940. The normalized spacial score (nSPS) is 18.0. The predicted octanol–water partition coefficient (Wildman–Crippen LogP) is 1.17. The van der Waals surface area contributed by atoms with Crippen molar-refractivity contribution >= 4 is 11.8 Å². The molecule has 0 aromatic heterocycles. The highest BCUT2D eigenvalue weighted by Gasteiger charge is 2.38. The SMILES string of the molecule is CCCN1CCN(CC(=O)C(C)(C)C(=O)OCC)CC1. The van der Waals surface area contributed by atoms with Crippen molar-refractivity contribution in [3.05, 3.63) is 0 Å². The van der Waals surface area contributed by atoms with E-state index in [2.05, 4.69) is 16.7 Å². The Balaban J connectivity index is 2.45. The Morgan fingerprint density at radius 2 is 1.60 bits per heavy atom. The van der Waals surface area contributed by atoms with Crippen LogP contribution in [0, 0.1) is 5.41 Å². The van der Waals surface area contributed by atoms with Gasteiger partial charge in [0.25, 0.3) is 0 Å². The molecule has 1 aliphatic heterocycles. The molecule has 116 valence electrons. The highest BCUT2D eigenvalue weighted by atomic mass is 16.5. The van der Waals surface area contributed by atoms with E-state index in [4.69, 9.17) is 4.74 Å². The van der Waals surface area contributed by atoms with Gasteiger partial charge in [-0.25, -0.2) is 0 Å². The first-order valence-electron chi connectivity index (χ1n) is 7.57. The van der Waals surface area contributed by atoms with E-state index >= 15 is 0 Å². The number of nitrogens with zero attached hydrogens (tertiary/aromatic N) is 2. The van der Waals surface area contributed by atoms with Crippen LogP contribution in [0.5, 0.6) is 0 Å². The molecule has 0 radical (unpaired) electrons. The summed E-state index contributed by atoms with van der Waals surface area (Å²) in [7, 11) is 0. The summed E-state index contributed by atoms with van der Waals surface area (Å²) in [5.74, 6) is -0.477. The number of carbonyl (C=O) groups excluding carboxylic acids is 2. The Morgan fingerprint density at radius 1 is 1.05 bits per heavy atom. The van der Waals surface area contributed by atoms with Gasteiger partial charge in [0.15, 0.2) is 5.78 Å². The van der Waals surface area contributed by atoms with Gasteiger partial charge in [0.2, 0.25) is 0 Å². The molecule has 0 aromatic carbocycles. The Kier molecular flexibility index (Phi) is 6.62. The molecule has 1 saturated heterocycles. The van der Waals surface area contributed by atoms with Crippen molar-refractivity contribution in [1.29, 1.82) is 0 Å². The fraction of sp³-hybridized carbons (Fsp3) is 0.867. The van der Waals surface area contributed by atoms with Gasteiger partial charge < -0.3 is 9.64 Å². The number of ether oxygens (including phenoxy) is 1. The van der Waals surface area contributed by atoms with Gasteiger partial charge in [-0.1, -0.05) is 6.92 Å². The van der Waals surface area contributed by atoms with Crippen molar-refractivity contribution in [2.24, 2.45) is 5.41 Å². The second-order valence-corrected chi connectivity index (χ2v) is 5.89. The van der Waals surface area contributed by atoms with Crippen LogP contribution in [0.25, 0.3) is 0 Å². The first-order chi connectivity index (χ1) is 9.41. The van der Waals surface area contributed by atoms with Gasteiger partial charge in [0, 0.05) is 26.2 Å². The number of piperazine rings is 1. The minimum absolute atomic E-state index is 0.0557. The van der Waals surface area contributed by atoms with E-state index in [-0.39, 0.29) is 5.78 Å². The number of rotatable bonds is 7. The standard InChI is InChI=1S/C15H28N2O3/c1-5-7-16-8-10-17(11-9-16)12-13(18)15(3,4)14(19)20-6-2/h5-12H2,1-4H3. The monoisotopic (exact) mass is 284 g/mol. The van der Waals surface area contributed by atoms with Crippen molar-refractivity contribution < 1.29 is 14.3 Å². The molecular formula is C15H28N2O3. The summed E-state index contributed by atoms with van der Waals surface area (Å²) >= 11 is 0. The second-order valence-electron chi connectivity index (χ2n) is 5.89. The zero-order valence-corrected chi connectivity index (χ0v) is 13.3. The average molecular weight is 284 g/mol. The molecule has 0 amide bonds. The summed E-state index contributed by atoms with van der Waals surface area (Å²) < 4.78 is 4.98. The van der Waals surface area contributed by atoms with Crippen molar-refractivity contribution in [3.63, 3.8) is 0 Å². The summed E-state index contributed by atoms with van der Waals surface area (Å²) in [5, 5.41) is 0. The number of esters is 1. The van der Waals surface area contributed by atoms with Crippen LogP contribution in [0.15, 0.2) is 0 Å². The van der Waals surface area contributed by atoms with Crippen molar-refractivity contribution in [2.75, 3.05) is 45.9 Å². The third kappa shape index (κ3) is 4.56. The topological polar surface area (TPSA) is 49.9 Å². The minimum Gasteiger partial charge on any atom is -0.465 e. The lowest BCUT2D eigenvalue weighted by Crippen LogP contribution is -2.50. The maximum absolute atomic E-state index is 12.3. The summed E-state index contributed by atoms with van der Waals surface area (Å²) in [6, 6.07) is 0. The van der Waals surface area contributed by atoms with E-state index in [0.717, 1.165) is 39.1 Å². The molecule has 5 heteroatoms. The van der Waals surface area contributed by atoms with E-state index < -0.39 is 11.4 Å². The highest BCUT2D eigenvalue weighted by Crippen LogP contribution is 2.20. The number of Topliss-reactive ketones (excluding diaryl/α,β-unsaturated/α-hetero) is 1. The van der Waals surface area contributed by atoms with E-state index in [1.54, 1.807) is 20.8 Å². The van der Waals surface area contributed by atoms with Crippen molar-refractivity contribution in [3.8, 4) is 0 Å². The number of hydrogen-bond acceptors (Lipinski definition) is 5. The van der Waals surface area contributed by atoms with Gasteiger partial charge in [0.1, 0.15) is 5.41 Å². The molecule has 5 nitrogen and oxygen atoms in total.